The summed E-state index contributed by atoms with van der Waals surface area (Å²) in [4.78, 5) is 27.2. The van der Waals surface area contributed by atoms with E-state index in [0.717, 1.165) is 62.8 Å². The van der Waals surface area contributed by atoms with E-state index in [1.165, 1.54) is 180 Å². The summed E-state index contributed by atoms with van der Waals surface area (Å²) >= 11 is 0. The fourth-order valence-electron chi connectivity index (χ4n) is 8.23. The first kappa shape index (κ1) is 53.9. The molecule has 0 heterocycles. The van der Waals surface area contributed by atoms with Gasteiger partial charge in [-0.05, 0) is 70.0 Å². The normalized spacial score (nSPS) is 11.8. The SMILES string of the molecule is CCCCCC(CCCCC)CCOC(=O)CCCCCCCCC(CCCCCCCCC(=O)OCCC(CCCCC)CCCCC)CCN(C)CC. The summed E-state index contributed by atoms with van der Waals surface area (Å²) in [5, 5.41) is 0. The highest BCUT2D eigenvalue weighted by atomic mass is 16.5. The molecule has 0 aliphatic carbocycles. The van der Waals surface area contributed by atoms with Crippen LogP contribution >= 0.6 is 0 Å². The predicted molar refractivity (Wildman–Crippen MR) is 240 cm³/mol. The molecule has 0 atom stereocenters. The molecule has 0 saturated carbocycles. The zero-order valence-electron chi connectivity index (χ0n) is 38.4. The van der Waals surface area contributed by atoms with Crippen LogP contribution in [0.5, 0.6) is 0 Å². The summed E-state index contributed by atoms with van der Waals surface area (Å²) in [7, 11) is 2.25. The van der Waals surface area contributed by atoms with Crippen LogP contribution in [0.4, 0.5) is 0 Å². The largest absolute Gasteiger partial charge is 0.466 e. The Balaban J connectivity index is 4.08. The van der Waals surface area contributed by atoms with Gasteiger partial charge in [0.2, 0.25) is 0 Å². The minimum absolute atomic E-state index is 0.0190. The van der Waals surface area contributed by atoms with Gasteiger partial charge in [-0.2, -0.15) is 0 Å². The number of ether oxygens (including phenoxy) is 2. The van der Waals surface area contributed by atoms with Crippen molar-refractivity contribution in [3.63, 3.8) is 0 Å². The molecule has 0 fully saturated rings. The Labute approximate surface area is 345 Å². The number of rotatable bonds is 44. The van der Waals surface area contributed by atoms with Crippen LogP contribution in [-0.2, 0) is 19.1 Å². The number of unbranched alkanes of at least 4 members (excludes halogenated alkanes) is 18. The van der Waals surface area contributed by atoms with Gasteiger partial charge in [0.1, 0.15) is 0 Å². The first-order valence-electron chi connectivity index (χ1n) is 24.9. The van der Waals surface area contributed by atoms with Crippen LogP contribution in [0.3, 0.4) is 0 Å². The summed E-state index contributed by atoms with van der Waals surface area (Å²) in [5.41, 5.74) is 0. The van der Waals surface area contributed by atoms with Crippen LogP contribution in [0.25, 0.3) is 0 Å². The minimum Gasteiger partial charge on any atom is -0.466 e. The molecule has 0 aliphatic rings. The van der Waals surface area contributed by atoms with E-state index < -0.39 is 0 Å². The lowest BCUT2D eigenvalue weighted by Gasteiger charge is -2.21. The standard InChI is InChI=1S/C50H99NO4/c1-7-12-24-32-47(33-25-13-8-2)41-44-54-49(52)38-30-22-18-16-20-28-36-46(40-43-51(6)11-5)37-29-21-17-19-23-31-39-50(53)55-45-42-48(34-26-14-9-3)35-27-15-10-4/h46-48H,7-45H2,1-6H3. The lowest BCUT2D eigenvalue weighted by Crippen LogP contribution is -2.21. The van der Waals surface area contributed by atoms with Gasteiger partial charge in [0.15, 0.2) is 0 Å². The van der Waals surface area contributed by atoms with Crippen molar-refractivity contribution in [3.8, 4) is 0 Å². The first-order valence-corrected chi connectivity index (χ1v) is 24.9. The fraction of sp³-hybridized carbons (Fsp3) is 0.960. The summed E-state index contributed by atoms with van der Waals surface area (Å²) in [6, 6.07) is 0. The van der Waals surface area contributed by atoms with Crippen LogP contribution in [0, 0.1) is 17.8 Å². The van der Waals surface area contributed by atoms with Gasteiger partial charge in [-0.15, -0.1) is 0 Å². The Hall–Kier alpha value is -1.10. The van der Waals surface area contributed by atoms with Gasteiger partial charge in [-0.3, -0.25) is 9.59 Å². The van der Waals surface area contributed by atoms with Crippen molar-refractivity contribution in [3.05, 3.63) is 0 Å². The number of carbonyl (C=O) groups excluding carboxylic acids is 2. The molecule has 0 bridgehead atoms. The van der Waals surface area contributed by atoms with E-state index >= 15 is 0 Å². The molecule has 0 aromatic rings. The van der Waals surface area contributed by atoms with E-state index in [1.54, 1.807) is 0 Å². The number of nitrogens with zero attached hydrogens (tertiary/aromatic N) is 1. The molecule has 0 amide bonds. The smallest absolute Gasteiger partial charge is 0.305 e. The number of carbonyl (C=O) groups is 2. The van der Waals surface area contributed by atoms with Crippen LogP contribution < -0.4 is 0 Å². The van der Waals surface area contributed by atoms with E-state index in [4.69, 9.17) is 9.47 Å². The molecule has 55 heavy (non-hydrogen) atoms. The predicted octanol–water partition coefficient (Wildman–Crippen LogP) is 15.6. The molecular formula is C50H99NO4. The molecule has 0 saturated heterocycles. The van der Waals surface area contributed by atoms with E-state index in [-0.39, 0.29) is 11.9 Å². The lowest BCUT2D eigenvalue weighted by molar-refractivity contribution is -0.145. The van der Waals surface area contributed by atoms with Crippen LogP contribution in [0.1, 0.15) is 259 Å². The Kier molecular flexibility index (Phi) is 41.7. The topological polar surface area (TPSA) is 55.8 Å². The zero-order valence-corrected chi connectivity index (χ0v) is 38.4. The highest BCUT2D eigenvalue weighted by Gasteiger charge is 2.13. The molecule has 5 nitrogen and oxygen atoms in total. The summed E-state index contributed by atoms with van der Waals surface area (Å²) in [5.74, 6) is 2.34. The van der Waals surface area contributed by atoms with Gasteiger partial charge in [0.05, 0.1) is 13.2 Å². The third kappa shape index (κ3) is 38.2. The highest BCUT2D eigenvalue weighted by Crippen LogP contribution is 2.24. The van der Waals surface area contributed by atoms with Crippen LogP contribution in [0.15, 0.2) is 0 Å². The average molecular weight is 778 g/mol. The third-order valence-corrected chi connectivity index (χ3v) is 12.4. The van der Waals surface area contributed by atoms with Gasteiger partial charge < -0.3 is 14.4 Å². The number of esters is 2. The van der Waals surface area contributed by atoms with E-state index in [2.05, 4.69) is 46.6 Å². The summed E-state index contributed by atoms with van der Waals surface area (Å²) in [6.45, 7) is 14.9. The van der Waals surface area contributed by atoms with Crippen molar-refractivity contribution in [2.45, 2.75) is 259 Å². The molecule has 5 heteroatoms. The molecule has 0 aromatic heterocycles. The molecule has 328 valence electrons. The molecule has 0 rings (SSSR count). The average Bonchev–Trinajstić information content (AvgIpc) is 3.18. The van der Waals surface area contributed by atoms with Crippen molar-refractivity contribution in [2.24, 2.45) is 17.8 Å². The molecule has 0 aromatic carbocycles. The van der Waals surface area contributed by atoms with Gasteiger partial charge >= 0.3 is 11.9 Å². The van der Waals surface area contributed by atoms with Crippen LogP contribution in [-0.4, -0.2) is 50.2 Å². The molecule has 0 aliphatic heterocycles. The molecule has 0 spiro atoms. The zero-order chi connectivity index (χ0) is 40.5. The molecule has 0 N–H and O–H groups in total. The number of hydrogen-bond acceptors (Lipinski definition) is 5. The van der Waals surface area contributed by atoms with Gasteiger partial charge in [0.25, 0.3) is 0 Å². The fourth-order valence-corrected chi connectivity index (χ4v) is 8.23. The molecular weight excluding hydrogens is 679 g/mol. The maximum absolute atomic E-state index is 12.3. The van der Waals surface area contributed by atoms with E-state index in [0.29, 0.717) is 26.1 Å². The van der Waals surface area contributed by atoms with Crippen molar-refractivity contribution in [1.82, 2.24) is 4.90 Å². The lowest BCUT2D eigenvalue weighted by atomic mass is 9.91. The van der Waals surface area contributed by atoms with E-state index in [1.807, 2.05) is 0 Å². The molecule has 0 unspecified atom stereocenters. The Morgan fingerprint density at radius 2 is 0.673 bits per heavy atom. The van der Waals surface area contributed by atoms with Crippen molar-refractivity contribution in [2.75, 3.05) is 33.4 Å². The molecule has 0 radical (unpaired) electrons. The first-order chi connectivity index (χ1) is 26.9. The second-order valence-corrected chi connectivity index (χ2v) is 17.6. The van der Waals surface area contributed by atoms with Gasteiger partial charge in [0, 0.05) is 12.8 Å². The number of hydrogen-bond donors (Lipinski definition) is 0. The highest BCUT2D eigenvalue weighted by molar-refractivity contribution is 5.69. The Bertz CT molecular complexity index is 725. The van der Waals surface area contributed by atoms with Crippen molar-refractivity contribution < 1.29 is 19.1 Å². The Morgan fingerprint density at radius 1 is 0.382 bits per heavy atom. The Morgan fingerprint density at radius 3 is 1.00 bits per heavy atom. The van der Waals surface area contributed by atoms with Crippen molar-refractivity contribution >= 4 is 11.9 Å². The maximum atomic E-state index is 12.3. The summed E-state index contributed by atoms with van der Waals surface area (Å²) < 4.78 is 11.3. The maximum Gasteiger partial charge on any atom is 0.305 e. The van der Waals surface area contributed by atoms with Crippen molar-refractivity contribution in [1.29, 1.82) is 0 Å². The van der Waals surface area contributed by atoms with Crippen LogP contribution in [0.2, 0.25) is 0 Å². The van der Waals surface area contributed by atoms with Gasteiger partial charge in [-0.1, -0.05) is 214 Å². The van der Waals surface area contributed by atoms with E-state index in [9.17, 15) is 9.59 Å². The second-order valence-electron chi connectivity index (χ2n) is 17.6. The second kappa shape index (κ2) is 42.5. The minimum atomic E-state index is 0.0190. The quantitative estimate of drug-likeness (QED) is 0.0455. The monoisotopic (exact) mass is 778 g/mol. The summed E-state index contributed by atoms with van der Waals surface area (Å²) in [6.07, 6.45) is 42.8. The van der Waals surface area contributed by atoms with Gasteiger partial charge in [-0.25, -0.2) is 0 Å². The third-order valence-electron chi connectivity index (χ3n) is 12.4.